The van der Waals surface area contributed by atoms with Gasteiger partial charge in [0.2, 0.25) is 0 Å². The third kappa shape index (κ3) is 1.56. The Kier molecular flexibility index (Phi) is 2.30. The van der Waals surface area contributed by atoms with Crippen molar-refractivity contribution < 1.29 is 0 Å². The summed E-state index contributed by atoms with van der Waals surface area (Å²) in [6.07, 6.45) is 0. The van der Waals surface area contributed by atoms with Crippen molar-refractivity contribution in [2.24, 2.45) is 11.8 Å². The average molecular weight is 213 g/mol. The van der Waals surface area contributed by atoms with E-state index in [2.05, 4.69) is 22.4 Å². The fourth-order valence-electron chi connectivity index (χ4n) is 2.84. The molecule has 2 atom stereocenters. The van der Waals surface area contributed by atoms with Crippen LogP contribution in [0.4, 0.5) is 5.69 Å². The van der Waals surface area contributed by atoms with Crippen LogP contribution in [0, 0.1) is 23.2 Å². The van der Waals surface area contributed by atoms with Crippen LogP contribution in [-0.2, 0) is 0 Å². The van der Waals surface area contributed by atoms with Gasteiger partial charge >= 0.3 is 0 Å². The smallest absolute Gasteiger partial charge is 0.0992 e. The summed E-state index contributed by atoms with van der Waals surface area (Å²) in [4.78, 5) is 2.41. The zero-order valence-corrected chi connectivity index (χ0v) is 9.19. The minimum atomic E-state index is 0.757. The first-order valence-electron chi connectivity index (χ1n) is 5.82. The Labute approximate surface area is 95.7 Å². The fraction of sp³-hybridized carbons (Fsp3) is 0.462. The number of benzene rings is 1. The SMILES string of the molecule is N#Cc1cccc(N2C[C@H]3CNC[C@H]3C2)c1. The first-order valence-corrected chi connectivity index (χ1v) is 5.82. The Morgan fingerprint density at radius 1 is 1.25 bits per heavy atom. The van der Waals surface area contributed by atoms with Gasteiger partial charge in [-0.15, -0.1) is 0 Å². The minimum Gasteiger partial charge on any atom is -0.371 e. The molecular formula is C13H15N3. The van der Waals surface area contributed by atoms with Crippen LogP contribution < -0.4 is 10.2 Å². The van der Waals surface area contributed by atoms with Crippen LogP contribution in [0.25, 0.3) is 0 Å². The van der Waals surface area contributed by atoms with E-state index in [0.29, 0.717) is 0 Å². The molecule has 2 aliphatic heterocycles. The standard InChI is InChI=1S/C13H15N3/c14-5-10-2-1-3-13(4-10)16-8-11-6-15-7-12(11)9-16/h1-4,11-12,15H,6-9H2/t11-,12+. The van der Waals surface area contributed by atoms with Gasteiger partial charge in [0.25, 0.3) is 0 Å². The van der Waals surface area contributed by atoms with Crippen molar-refractivity contribution in [3.8, 4) is 6.07 Å². The van der Waals surface area contributed by atoms with Crippen LogP contribution in [0.5, 0.6) is 0 Å². The molecule has 2 fully saturated rings. The van der Waals surface area contributed by atoms with Crippen molar-refractivity contribution in [1.29, 1.82) is 5.26 Å². The van der Waals surface area contributed by atoms with Gasteiger partial charge in [-0.1, -0.05) is 6.07 Å². The number of hydrogen-bond donors (Lipinski definition) is 1. The highest BCUT2D eigenvalue weighted by Gasteiger charge is 2.35. The number of anilines is 1. The van der Waals surface area contributed by atoms with E-state index >= 15 is 0 Å². The summed E-state index contributed by atoms with van der Waals surface area (Å²) in [6.45, 7) is 4.57. The van der Waals surface area contributed by atoms with Crippen LogP contribution in [0.2, 0.25) is 0 Å². The molecular weight excluding hydrogens is 198 g/mol. The molecule has 0 radical (unpaired) electrons. The van der Waals surface area contributed by atoms with E-state index in [1.165, 1.54) is 5.69 Å². The number of nitrogens with one attached hydrogen (secondary N) is 1. The van der Waals surface area contributed by atoms with Crippen molar-refractivity contribution >= 4 is 5.69 Å². The van der Waals surface area contributed by atoms with E-state index in [9.17, 15) is 0 Å². The third-order valence-corrected chi connectivity index (χ3v) is 3.73. The van der Waals surface area contributed by atoms with Gasteiger partial charge in [-0.05, 0) is 30.0 Å². The largest absolute Gasteiger partial charge is 0.371 e. The molecule has 0 aromatic heterocycles. The number of rotatable bonds is 1. The van der Waals surface area contributed by atoms with Crippen LogP contribution in [-0.4, -0.2) is 26.2 Å². The van der Waals surface area contributed by atoms with E-state index in [1.54, 1.807) is 0 Å². The monoisotopic (exact) mass is 213 g/mol. The van der Waals surface area contributed by atoms with Gasteiger partial charge < -0.3 is 10.2 Å². The predicted molar refractivity (Wildman–Crippen MR) is 63.2 cm³/mol. The second-order valence-corrected chi connectivity index (χ2v) is 4.75. The summed E-state index contributed by atoms with van der Waals surface area (Å²) in [7, 11) is 0. The van der Waals surface area contributed by atoms with E-state index < -0.39 is 0 Å². The Morgan fingerprint density at radius 2 is 2.00 bits per heavy atom. The lowest BCUT2D eigenvalue weighted by molar-refractivity contribution is 0.533. The highest BCUT2D eigenvalue weighted by atomic mass is 15.2. The highest BCUT2D eigenvalue weighted by Crippen LogP contribution is 2.30. The van der Waals surface area contributed by atoms with E-state index in [1.807, 2.05) is 18.2 Å². The average Bonchev–Trinajstić information content (AvgIpc) is 2.89. The van der Waals surface area contributed by atoms with E-state index in [4.69, 9.17) is 5.26 Å². The lowest BCUT2D eigenvalue weighted by Crippen LogP contribution is -2.25. The molecule has 16 heavy (non-hydrogen) atoms. The maximum atomic E-state index is 8.89. The van der Waals surface area contributed by atoms with Crippen LogP contribution in [0.3, 0.4) is 0 Å². The molecule has 0 bridgehead atoms. The molecule has 3 nitrogen and oxygen atoms in total. The number of nitriles is 1. The Balaban J connectivity index is 1.81. The second kappa shape index (κ2) is 3.80. The zero-order valence-electron chi connectivity index (χ0n) is 9.19. The van der Waals surface area contributed by atoms with Gasteiger partial charge in [0.1, 0.15) is 0 Å². The first-order chi connectivity index (χ1) is 7.86. The zero-order chi connectivity index (χ0) is 11.0. The molecule has 82 valence electrons. The molecule has 2 saturated heterocycles. The van der Waals surface area contributed by atoms with Crippen LogP contribution in [0.15, 0.2) is 24.3 Å². The lowest BCUT2D eigenvalue weighted by atomic mass is 10.0. The predicted octanol–water partition coefficient (Wildman–Crippen LogP) is 1.21. The molecule has 3 rings (SSSR count). The fourth-order valence-corrected chi connectivity index (χ4v) is 2.84. The quantitative estimate of drug-likeness (QED) is 0.762. The van der Waals surface area contributed by atoms with Gasteiger partial charge in [0.05, 0.1) is 11.6 Å². The van der Waals surface area contributed by atoms with E-state index in [0.717, 1.165) is 43.6 Å². The maximum absolute atomic E-state index is 8.89. The molecule has 0 saturated carbocycles. The third-order valence-electron chi connectivity index (χ3n) is 3.73. The number of fused-ring (bicyclic) bond motifs is 1. The lowest BCUT2D eigenvalue weighted by Gasteiger charge is -2.19. The molecule has 1 N–H and O–H groups in total. The Morgan fingerprint density at radius 3 is 2.69 bits per heavy atom. The molecule has 1 aromatic carbocycles. The molecule has 0 aliphatic carbocycles. The first kappa shape index (κ1) is 9.68. The van der Waals surface area contributed by atoms with Gasteiger partial charge in [-0.2, -0.15) is 5.26 Å². The van der Waals surface area contributed by atoms with Crippen molar-refractivity contribution in [2.45, 2.75) is 0 Å². The Bertz CT molecular complexity index is 423. The topological polar surface area (TPSA) is 39.1 Å². The summed E-state index contributed by atoms with van der Waals surface area (Å²) in [5.41, 5.74) is 1.96. The van der Waals surface area contributed by atoms with Crippen molar-refractivity contribution in [1.82, 2.24) is 5.32 Å². The molecule has 1 aromatic rings. The summed E-state index contributed by atoms with van der Waals surface area (Å²) in [5.74, 6) is 1.59. The minimum absolute atomic E-state index is 0.757. The molecule has 0 amide bonds. The molecule has 0 spiro atoms. The highest BCUT2D eigenvalue weighted by molar-refractivity contribution is 5.52. The van der Waals surface area contributed by atoms with E-state index in [-0.39, 0.29) is 0 Å². The number of hydrogen-bond acceptors (Lipinski definition) is 3. The van der Waals surface area contributed by atoms with Gasteiger partial charge in [-0.3, -0.25) is 0 Å². The van der Waals surface area contributed by atoms with Crippen LogP contribution >= 0.6 is 0 Å². The molecule has 3 heteroatoms. The number of nitrogens with zero attached hydrogens (tertiary/aromatic N) is 2. The molecule has 0 unspecified atom stereocenters. The normalized spacial score (nSPS) is 27.8. The molecule has 2 aliphatic rings. The summed E-state index contributed by atoms with van der Waals surface area (Å²) in [6, 6.07) is 10.1. The van der Waals surface area contributed by atoms with Gasteiger partial charge in [-0.25, -0.2) is 0 Å². The summed E-state index contributed by atoms with van der Waals surface area (Å²) in [5, 5.41) is 12.3. The summed E-state index contributed by atoms with van der Waals surface area (Å²) < 4.78 is 0. The van der Waals surface area contributed by atoms with Gasteiger partial charge in [0, 0.05) is 31.9 Å². The maximum Gasteiger partial charge on any atom is 0.0992 e. The van der Waals surface area contributed by atoms with Crippen molar-refractivity contribution in [3.63, 3.8) is 0 Å². The Hall–Kier alpha value is -1.53. The van der Waals surface area contributed by atoms with Crippen molar-refractivity contribution in [3.05, 3.63) is 29.8 Å². The molecule has 2 heterocycles. The van der Waals surface area contributed by atoms with Crippen LogP contribution in [0.1, 0.15) is 5.56 Å². The summed E-state index contributed by atoms with van der Waals surface area (Å²) >= 11 is 0. The van der Waals surface area contributed by atoms with Gasteiger partial charge in [0.15, 0.2) is 0 Å². The van der Waals surface area contributed by atoms with Crippen molar-refractivity contribution in [2.75, 3.05) is 31.1 Å². The second-order valence-electron chi connectivity index (χ2n) is 4.75.